The Hall–Kier alpha value is -3.48. The molecule has 5 unspecified atom stereocenters. The third kappa shape index (κ3) is 4.42. The number of benzene rings is 2. The van der Waals surface area contributed by atoms with Crippen molar-refractivity contribution < 1.29 is 39.2 Å². The number of phenolic OH excluding ortho intramolecular Hbond substituents is 1. The number of carbonyl (C=O) groups is 4. The third-order valence-corrected chi connectivity index (χ3v) is 8.90. The molecule has 2 aromatic carbocycles. The van der Waals surface area contributed by atoms with Crippen molar-refractivity contribution in [3.63, 3.8) is 0 Å². The molecule has 0 radical (unpaired) electrons. The lowest BCUT2D eigenvalue weighted by molar-refractivity contribution is -0.126. The van der Waals surface area contributed by atoms with Crippen molar-refractivity contribution in [3.05, 3.63) is 58.9 Å². The van der Waals surface area contributed by atoms with Gasteiger partial charge < -0.3 is 20.1 Å². The van der Waals surface area contributed by atoms with E-state index >= 15 is 0 Å². The summed E-state index contributed by atoms with van der Waals surface area (Å²) in [5, 5.41) is 32.3. The Kier molecular flexibility index (Phi) is 6.88. The minimum Gasteiger partial charge on any atom is -0.511 e. The lowest BCUT2D eigenvalue weighted by Crippen LogP contribution is -2.54. The molecule has 1 heterocycles. The summed E-state index contributed by atoms with van der Waals surface area (Å²) in [5.74, 6) is -5.82. The fraction of sp³-hybridized carbons (Fsp3) is 0.308. The van der Waals surface area contributed by atoms with Crippen LogP contribution in [-0.4, -0.2) is 57.2 Å². The molecule has 38 heavy (non-hydrogen) atoms. The largest absolute Gasteiger partial charge is 0.511 e. The second-order valence-corrected chi connectivity index (χ2v) is 11.2. The van der Waals surface area contributed by atoms with Gasteiger partial charge in [-0.15, -0.1) is 24.4 Å². The van der Waals surface area contributed by atoms with E-state index in [0.29, 0.717) is 22.0 Å². The van der Waals surface area contributed by atoms with Crippen LogP contribution in [0.4, 0.5) is 0 Å². The van der Waals surface area contributed by atoms with Crippen LogP contribution >= 0.6 is 24.4 Å². The van der Waals surface area contributed by atoms with E-state index in [0.717, 1.165) is 0 Å². The molecule has 2 aliphatic carbocycles. The maximum absolute atomic E-state index is 13.4. The van der Waals surface area contributed by atoms with Crippen LogP contribution in [-0.2, 0) is 9.59 Å². The normalized spacial score (nSPS) is 26.1. The fourth-order valence-corrected chi connectivity index (χ4v) is 7.23. The minimum absolute atomic E-state index is 0.0662. The highest BCUT2D eigenvalue weighted by Gasteiger charge is 2.55. The molecule has 12 heteroatoms. The molecule has 0 bridgehead atoms. The van der Waals surface area contributed by atoms with E-state index in [1.165, 1.54) is 37.1 Å². The number of phenols is 1. The number of hydrogen-bond donors (Lipinski definition) is 6. The molecule has 5 N–H and O–H groups in total. The summed E-state index contributed by atoms with van der Waals surface area (Å²) in [5.41, 5.74) is 4.07. The molecule has 0 spiro atoms. The number of hydrogen-bond acceptors (Lipinski definition) is 10. The molecule has 1 saturated carbocycles. The Bertz CT molecular complexity index is 1390. The molecule has 3 aliphatic rings. The number of nitrogens with one attached hydrogen (secondary N) is 2. The Morgan fingerprint density at radius 2 is 1.74 bits per heavy atom. The Labute approximate surface area is 226 Å². The maximum atomic E-state index is 13.4. The van der Waals surface area contributed by atoms with Crippen LogP contribution in [0.5, 0.6) is 11.5 Å². The number of aromatic hydroxyl groups is 1. The summed E-state index contributed by atoms with van der Waals surface area (Å²) in [7, 11) is 1.44. The number of ketones is 2. The van der Waals surface area contributed by atoms with Crippen molar-refractivity contribution in [1.29, 1.82) is 0 Å². The van der Waals surface area contributed by atoms with Crippen molar-refractivity contribution >= 4 is 47.8 Å². The smallest absolute Gasteiger partial charge is 0.276 e. The van der Waals surface area contributed by atoms with E-state index in [9.17, 15) is 34.5 Å². The number of thiol groups is 1. The molecule has 0 saturated heterocycles. The van der Waals surface area contributed by atoms with Crippen LogP contribution in [0.1, 0.15) is 33.6 Å². The number of aliphatic hydroxyl groups excluding tert-OH is 2. The van der Waals surface area contributed by atoms with Crippen molar-refractivity contribution in [1.82, 2.24) is 10.9 Å². The zero-order chi connectivity index (χ0) is 27.3. The van der Waals surface area contributed by atoms with Crippen molar-refractivity contribution in [2.45, 2.75) is 34.0 Å². The number of methoxy groups -OCH3 is 1. The number of ether oxygens (including phenoxy) is 1. The summed E-state index contributed by atoms with van der Waals surface area (Å²) >= 11 is 5.45. The van der Waals surface area contributed by atoms with Gasteiger partial charge in [-0.3, -0.25) is 30.0 Å². The van der Waals surface area contributed by atoms with Crippen LogP contribution < -0.4 is 15.6 Å². The van der Waals surface area contributed by atoms with Crippen LogP contribution in [0.3, 0.4) is 0 Å². The Balaban J connectivity index is 1.39. The highest BCUT2D eigenvalue weighted by atomic mass is 32.2. The number of rotatable bonds is 3. The van der Waals surface area contributed by atoms with Gasteiger partial charge >= 0.3 is 0 Å². The monoisotopic (exact) mass is 556 g/mol. The Morgan fingerprint density at radius 1 is 1.05 bits per heavy atom. The van der Waals surface area contributed by atoms with E-state index in [-0.39, 0.29) is 23.3 Å². The third-order valence-electron chi connectivity index (χ3n) is 7.24. The molecule has 5 rings (SSSR count). The second-order valence-electron chi connectivity index (χ2n) is 9.42. The van der Waals surface area contributed by atoms with Crippen LogP contribution in [0.2, 0.25) is 0 Å². The molecule has 1 fully saturated rings. The number of amides is 2. The van der Waals surface area contributed by atoms with Crippen LogP contribution in [0.15, 0.2) is 57.5 Å². The molecule has 198 valence electrons. The average molecular weight is 557 g/mol. The van der Waals surface area contributed by atoms with Gasteiger partial charge in [0.25, 0.3) is 11.8 Å². The number of thioether (sulfide) groups is 1. The molecule has 2 aromatic rings. The van der Waals surface area contributed by atoms with Gasteiger partial charge in [0.05, 0.1) is 24.7 Å². The first-order chi connectivity index (χ1) is 18.1. The quantitative estimate of drug-likeness (QED) is 0.189. The molecular weight excluding hydrogens is 532 g/mol. The standard InChI is InChI=1S/C26H24N2O8S2/c1-36-12-8-15(30)19-17(9-12)38-16-7-11-6-14(29)20(22(31)18(11)23(32)21(16)24(19)33)26(35)28-27-25(34)10-2-4-13(37)5-3-10/h2-5,8-9,11,16,18,21,23,30-32,37H,6-7H2,1H3,(H,27,34)(H,28,35). The van der Waals surface area contributed by atoms with Crippen molar-refractivity contribution in [3.8, 4) is 11.5 Å². The number of hydrazine groups is 1. The average Bonchev–Trinajstić information content (AvgIpc) is 2.86. The zero-order valence-corrected chi connectivity index (χ0v) is 21.7. The van der Waals surface area contributed by atoms with Crippen LogP contribution in [0.25, 0.3) is 0 Å². The van der Waals surface area contributed by atoms with Gasteiger partial charge in [-0.05, 0) is 42.7 Å². The summed E-state index contributed by atoms with van der Waals surface area (Å²) < 4.78 is 5.18. The molecule has 2 amide bonds. The highest BCUT2D eigenvalue weighted by molar-refractivity contribution is 8.00. The van der Waals surface area contributed by atoms with Crippen LogP contribution in [0, 0.1) is 17.8 Å². The summed E-state index contributed by atoms with van der Waals surface area (Å²) in [6.45, 7) is 0. The van der Waals surface area contributed by atoms with E-state index in [1.54, 1.807) is 18.2 Å². The van der Waals surface area contributed by atoms with Gasteiger partial charge in [0.15, 0.2) is 11.6 Å². The fourth-order valence-electron chi connectivity index (χ4n) is 5.47. The van der Waals surface area contributed by atoms with Gasteiger partial charge in [0, 0.05) is 39.0 Å². The van der Waals surface area contributed by atoms with Crippen molar-refractivity contribution in [2.24, 2.45) is 17.8 Å². The van der Waals surface area contributed by atoms with E-state index in [4.69, 9.17) is 4.74 Å². The zero-order valence-electron chi connectivity index (χ0n) is 20.0. The number of fused-ring (bicyclic) bond motifs is 3. The maximum Gasteiger partial charge on any atom is 0.276 e. The number of carbonyl (C=O) groups excluding carboxylic acids is 4. The predicted octanol–water partition coefficient (Wildman–Crippen LogP) is 2.21. The molecule has 5 atom stereocenters. The van der Waals surface area contributed by atoms with Gasteiger partial charge in [0.1, 0.15) is 22.8 Å². The van der Waals surface area contributed by atoms with E-state index in [1.807, 2.05) is 0 Å². The summed E-state index contributed by atoms with van der Waals surface area (Å²) in [6, 6.07) is 9.13. The molecule has 0 aromatic heterocycles. The van der Waals surface area contributed by atoms with E-state index in [2.05, 4.69) is 23.5 Å². The topological polar surface area (TPSA) is 162 Å². The van der Waals surface area contributed by atoms with Gasteiger partial charge in [-0.1, -0.05) is 0 Å². The van der Waals surface area contributed by atoms with Crippen molar-refractivity contribution in [2.75, 3.05) is 7.11 Å². The molecular formula is C26H24N2O8S2. The first-order valence-corrected chi connectivity index (χ1v) is 13.1. The first kappa shape index (κ1) is 26.1. The highest BCUT2D eigenvalue weighted by Crippen LogP contribution is 2.54. The lowest BCUT2D eigenvalue weighted by atomic mass is 9.64. The molecule has 1 aliphatic heterocycles. The minimum atomic E-state index is -1.40. The van der Waals surface area contributed by atoms with Gasteiger partial charge in [-0.25, -0.2) is 0 Å². The summed E-state index contributed by atoms with van der Waals surface area (Å²) in [6.07, 6.45) is -1.21. The predicted molar refractivity (Wildman–Crippen MR) is 138 cm³/mol. The summed E-state index contributed by atoms with van der Waals surface area (Å²) in [4.78, 5) is 52.6. The first-order valence-electron chi connectivity index (χ1n) is 11.8. The van der Waals surface area contributed by atoms with Gasteiger partial charge in [0.2, 0.25) is 0 Å². The van der Waals surface area contributed by atoms with Gasteiger partial charge in [-0.2, -0.15) is 0 Å². The second kappa shape index (κ2) is 10.0. The SMILES string of the molecule is COc1cc(O)c2c(c1)SC1CC3CC(=O)C(C(=O)NNC(=O)c4ccc(S)cc4)=C(O)C3C(O)C1C2=O. The number of Topliss-reactive ketones (excluding diaryl/α,β-unsaturated/α-hetero) is 2. The molecule has 10 nitrogen and oxygen atoms in total. The lowest BCUT2D eigenvalue weighted by Gasteiger charge is -2.47. The van der Waals surface area contributed by atoms with E-state index < -0.39 is 63.8 Å². The number of aliphatic hydroxyl groups is 2. The Morgan fingerprint density at radius 3 is 2.42 bits per heavy atom.